The van der Waals surface area contributed by atoms with Crippen LogP contribution >= 0.6 is 0 Å². The molecule has 3 saturated heterocycles. The molecule has 0 saturated carbocycles. The van der Waals surface area contributed by atoms with Gasteiger partial charge in [0.2, 0.25) is 0 Å². The van der Waals surface area contributed by atoms with Gasteiger partial charge in [-0.1, -0.05) is 0 Å². The molecule has 0 unspecified atom stereocenters. The highest BCUT2D eigenvalue weighted by atomic mass is 19.4. The number of hydrogen-bond acceptors (Lipinski definition) is 9. The first-order valence-corrected chi connectivity index (χ1v) is 15.3. The van der Waals surface area contributed by atoms with E-state index < -0.39 is 29.1 Å². The Morgan fingerprint density at radius 2 is 1.76 bits per heavy atom. The third-order valence-corrected chi connectivity index (χ3v) is 8.94. The van der Waals surface area contributed by atoms with Crippen molar-refractivity contribution in [1.82, 2.24) is 24.6 Å². The van der Waals surface area contributed by atoms with Crippen molar-refractivity contribution in [1.29, 1.82) is 10.5 Å². The molecule has 3 aliphatic rings. The summed E-state index contributed by atoms with van der Waals surface area (Å²) in [5.74, 6) is 0.428. The lowest BCUT2D eigenvalue weighted by Crippen LogP contribution is -2.66. The summed E-state index contributed by atoms with van der Waals surface area (Å²) in [6.45, 7) is 10.7. The van der Waals surface area contributed by atoms with E-state index in [1.165, 1.54) is 0 Å². The lowest BCUT2D eigenvalue weighted by atomic mass is 9.91. The Kier molecular flexibility index (Phi) is 8.91. The van der Waals surface area contributed by atoms with E-state index in [9.17, 15) is 28.5 Å². The lowest BCUT2D eigenvalue weighted by molar-refractivity contribution is -0.141. The van der Waals surface area contributed by atoms with Gasteiger partial charge < -0.3 is 19.4 Å². The van der Waals surface area contributed by atoms with Crippen molar-refractivity contribution in [3.63, 3.8) is 0 Å². The predicted molar refractivity (Wildman–Crippen MR) is 161 cm³/mol. The second kappa shape index (κ2) is 12.4. The Hall–Kier alpha value is -4.04. The van der Waals surface area contributed by atoms with Gasteiger partial charge in [0, 0.05) is 76.6 Å². The molecule has 5 heterocycles. The van der Waals surface area contributed by atoms with E-state index in [0.717, 1.165) is 24.1 Å². The average molecular weight is 628 g/mol. The molecule has 242 valence electrons. The summed E-state index contributed by atoms with van der Waals surface area (Å²) < 4.78 is 50.1. The van der Waals surface area contributed by atoms with Crippen molar-refractivity contribution in [2.24, 2.45) is 7.05 Å². The van der Waals surface area contributed by atoms with Crippen molar-refractivity contribution in [3.05, 3.63) is 34.8 Å². The van der Waals surface area contributed by atoms with Crippen molar-refractivity contribution < 1.29 is 22.7 Å². The van der Waals surface area contributed by atoms with Crippen LogP contribution in [0.4, 0.5) is 29.5 Å². The van der Waals surface area contributed by atoms with Gasteiger partial charge in [-0.25, -0.2) is 9.78 Å². The number of aryl methyl sites for hydroxylation is 2. The molecule has 3 fully saturated rings. The van der Waals surface area contributed by atoms with Crippen molar-refractivity contribution in [2.75, 3.05) is 55.6 Å². The number of alkyl halides is 3. The van der Waals surface area contributed by atoms with Crippen molar-refractivity contribution >= 4 is 17.6 Å². The van der Waals surface area contributed by atoms with Crippen LogP contribution in [-0.2, 0) is 18.0 Å². The predicted octanol–water partition coefficient (Wildman–Crippen LogP) is 4.42. The molecule has 0 bridgehead atoms. The highest BCUT2D eigenvalue weighted by Gasteiger charge is 2.43. The van der Waals surface area contributed by atoms with Gasteiger partial charge in [0.1, 0.15) is 23.1 Å². The van der Waals surface area contributed by atoms with Crippen molar-refractivity contribution in [2.45, 2.75) is 76.7 Å². The molecule has 0 radical (unpaired) electrons. The number of nitriles is 2. The third kappa shape index (κ3) is 6.81. The summed E-state index contributed by atoms with van der Waals surface area (Å²) in [5, 5.41) is 23.6. The quantitative estimate of drug-likeness (QED) is 0.475. The van der Waals surface area contributed by atoms with Crippen LogP contribution in [0.1, 0.15) is 68.5 Å². The first kappa shape index (κ1) is 32.4. The smallest absolute Gasteiger partial charge is 0.434 e. The van der Waals surface area contributed by atoms with Crippen LogP contribution in [0.25, 0.3) is 0 Å². The second-order valence-electron chi connectivity index (χ2n) is 13.2. The Balaban J connectivity index is 1.31. The average Bonchev–Trinajstić information content (AvgIpc) is 3.28. The van der Waals surface area contributed by atoms with Gasteiger partial charge in [-0.3, -0.25) is 9.58 Å². The van der Waals surface area contributed by atoms with E-state index in [1.807, 2.05) is 29.7 Å². The molecule has 3 aliphatic heterocycles. The fraction of sp³-hybridized carbons (Fsp3) is 0.645. The zero-order valence-corrected chi connectivity index (χ0v) is 26.4. The van der Waals surface area contributed by atoms with Crippen LogP contribution in [0.2, 0.25) is 0 Å². The molecule has 2 aromatic heterocycles. The van der Waals surface area contributed by atoms with Gasteiger partial charge >= 0.3 is 12.3 Å². The number of aromatic nitrogens is 3. The monoisotopic (exact) mass is 627 g/mol. The molecular weight excluding hydrogens is 587 g/mol. The second-order valence-corrected chi connectivity index (χ2v) is 13.2. The number of amides is 1. The largest absolute Gasteiger partial charge is 0.444 e. The highest BCUT2D eigenvalue weighted by Crippen LogP contribution is 2.40. The molecule has 0 N–H and O–H groups in total. The third-order valence-electron chi connectivity index (χ3n) is 8.94. The number of anilines is 2. The Morgan fingerprint density at radius 1 is 1.07 bits per heavy atom. The van der Waals surface area contributed by atoms with Gasteiger partial charge in [-0.05, 0) is 46.1 Å². The van der Waals surface area contributed by atoms with Gasteiger partial charge in [0.05, 0.1) is 30.4 Å². The van der Waals surface area contributed by atoms with Gasteiger partial charge in [-0.2, -0.15) is 28.8 Å². The number of rotatable bonds is 5. The maximum absolute atomic E-state index is 14.2. The molecule has 0 spiro atoms. The fourth-order valence-corrected chi connectivity index (χ4v) is 6.71. The van der Waals surface area contributed by atoms with E-state index in [1.54, 1.807) is 42.7 Å². The standard InChI is InChI=1S/C31H40F3N9O2/c1-20-16-37-39(5)27(20)21-7-10-40(11-8-21)25-14-26(38-28(24(25)15-36)31(32,33)34)42-18-23(19-42)41-12-13-43(22(17-41)6-9-35)29(44)45-30(2,3)4/h14,16,21-23H,6-8,10-13,17-19H2,1-5H3/t22-/m0/s1. The van der Waals surface area contributed by atoms with E-state index in [2.05, 4.69) is 21.1 Å². The topological polar surface area (TPSA) is 118 Å². The molecule has 14 heteroatoms. The fourth-order valence-electron chi connectivity index (χ4n) is 6.71. The van der Waals surface area contributed by atoms with Crippen molar-refractivity contribution in [3.8, 4) is 12.1 Å². The zero-order chi connectivity index (χ0) is 32.7. The molecule has 1 atom stereocenters. The normalized spacial score (nSPS) is 20.5. The van der Waals surface area contributed by atoms with Gasteiger partial charge in [-0.15, -0.1) is 0 Å². The number of ether oxygens (including phenoxy) is 1. The number of nitrogens with zero attached hydrogens (tertiary/aromatic N) is 9. The number of hydrogen-bond donors (Lipinski definition) is 0. The Bertz CT molecular complexity index is 1470. The Morgan fingerprint density at radius 3 is 2.31 bits per heavy atom. The molecular formula is C31H40F3N9O2. The molecule has 0 aromatic carbocycles. The first-order chi connectivity index (χ1) is 21.2. The maximum atomic E-state index is 14.2. The molecule has 11 nitrogen and oxygen atoms in total. The summed E-state index contributed by atoms with van der Waals surface area (Å²) in [6, 6.07) is 5.27. The van der Waals surface area contributed by atoms with E-state index in [0.29, 0.717) is 45.8 Å². The molecule has 5 rings (SSSR count). The number of piperidine rings is 1. The lowest BCUT2D eigenvalue weighted by Gasteiger charge is -2.50. The Labute approximate surface area is 261 Å². The minimum absolute atomic E-state index is 0.0279. The maximum Gasteiger partial charge on any atom is 0.434 e. The van der Waals surface area contributed by atoms with E-state index in [4.69, 9.17) is 4.74 Å². The van der Waals surface area contributed by atoms with E-state index in [-0.39, 0.29) is 35.9 Å². The van der Waals surface area contributed by atoms with Crippen LogP contribution in [-0.4, -0.2) is 94.2 Å². The number of piperazine rings is 1. The number of carbonyl (C=O) groups is 1. The number of pyridine rings is 1. The molecule has 45 heavy (non-hydrogen) atoms. The molecule has 2 aromatic rings. The van der Waals surface area contributed by atoms with Crippen LogP contribution in [0, 0.1) is 29.6 Å². The van der Waals surface area contributed by atoms with Crippen LogP contribution < -0.4 is 9.80 Å². The summed E-state index contributed by atoms with van der Waals surface area (Å²) in [5.41, 5.74) is 0.227. The van der Waals surface area contributed by atoms with Crippen LogP contribution in [0.5, 0.6) is 0 Å². The number of carbonyl (C=O) groups excluding carboxylic acids is 1. The highest BCUT2D eigenvalue weighted by molar-refractivity contribution is 5.69. The van der Waals surface area contributed by atoms with Gasteiger partial charge in [0.15, 0.2) is 5.69 Å². The molecule has 1 amide bonds. The minimum atomic E-state index is -4.78. The summed E-state index contributed by atoms with van der Waals surface area (Å²) >= 11 is 0. The van der Waals surface area contributed by atoms with Crippen LogP contribution in [0.3, 0.4) is 0 Å². The first-order valence-electron chi connectivity index (χ1n) is 15.3. The summed E-state index contributed by atoms with van der Waals surface area (Å²) in [4.78, 5) is 24.2. The van der Waals surface area contributed by atoms with Crippen LogP contribution in [0.15, 0.2) is 12.3 Å². The minimum Gasteiger partial charge on any atom is -0.444 e. The number of halogens is 3. The van der Waals surface area contributed by atoms with E-state index >= 15 is 0 Å². The zero-order valence-electron chi connectivity index (χ0n) is 26.4. The molecule has 0 aliphatic carbocycles. The summed E-state index contributed by atoms with van der Waals surface area (Å²) in [7, 11) is 1.90. The SMILES string of the molecule is Cc1cnn(C)c1C1CCN(c2cc(N3CC(N4CCN(C(=O)OC(C)(C)C)[C@@H](CC#N)C4)C3)nc(C(F)(F)F)c2C#N)CC1. The van der Waals surface area contributed by atoms with Gasteiger partial charge in [0.25, 0.3) is 0 Å². The summed E-state index contributed by atoms with van der Waals surface area (Å²) in [6.07, 6.45) is -1.80.